The molecule has 12 heteroatoms. The fourth-order valence-corrected chi connectivity index (χ4v) is 5.38. The molecule has 172 valence electrons. The normalized spacial score (nSPS) is 28.3. The van der Waals surface area contributed by atoms with Crippen LogP contribution in [0, 0.1) is 23.2 Å². The SMILES string of the molecule is C[C@@H]1C[C@@H](OP(C)OCCC#N)[C@H]2O[C@H](n3cnc4c(=O)[nH]c(N=CN(C)C)nc43)C[C@H]21. The molecule has 1 aliphatic heterocycles. The second-order valence-electron chi connectivity index (χ2n) is 8.41. The minimum absolute atomic E-state index is 0.0646. The maximum absolute atomic E-state index is 12.5. The number of hydrogen-bond donors (Lipinski definition) is 1. The number of nitrogens with one attached hydrogen (secondary N) is 1. The second kappa shape index (κ2) is 9.63. The number of hydrogen-bond acceptors (Lipinski definition) is 8. The van der Waals surface area contributed by atoms with E-state index in [1.54, 1.807) is 17.6 Å². The van der Waals surface area contributed by atoms with Crippen LogP contribution < -0.4 is 5.56 Å². The number of H-pyrrole nitrogens is 1. The van der Waals surface area contributed by atoms with Crippen LogP contribution in [0.25, 0.3) is 11.2 Å². The average Bonchev–Trinajstić information content (AvgIpc) is 3.42. The summed E-state index contributed by atoms with van der Waals surface area (Å²) in [4.78, 5) is 29.8. The molecule has 0 spiro atoms. The molecule has 1 unspecified atom stereocenters. The van der Waals surface area contributed by atoms with E-state index in [9.17, 15) is 4.79 Å². The molecule has 6 atom stereocenters. The summed E-state index contributed by atoms with van der Waals surface area (Å²) in [5, 5.41) is 8.68. The Bertz CT molecular complexity index is 1080. The molecule has 0 amide bonds. The average molecular weight is 461 g/mol. The number of aromatic amines is 1. The summed E-state index contributed by atoms with van der Waals surface area (Å²) in [6.07, 6.45) is 4.81. The van der Waals surface area contributed by atoms with Crippen LogP contribution in [0.5, 0.6) is 0 Å². The van der Waals surface area contributed by atoms with Gasteiger partial charge in [-0.05, 0) is 24.7 Å². The van der Waals surface area contributed by atoms with Crippen LogP contribution >= 0.6 is 8.38 Å². The number of aliphatic imine (C=N–C) groups is 1. The first-order valence-corrected chi connectivity index (χ1v) is 12.2. The first-order chi connectivity index (χ1) is 15.4. The van der Waals surface area contributed by atoms with Crippen LogP contribution in [0.3, 0.4) is 0 Å². The van der Waals surface area contributed by atoms with Gasteiger partial charge >= 0.3 is 0 Å². The summed E-state index contributed by atoms with van der Waals surface area (Å²) in [6, 6.07) is 2.07. The molecule has 0 radical (unpaired) electrons. The molecule has 11 nitrogen and oxygen atoms in total. The van der Waals surface area contributed by atoms with Gasteiger partial charge in [-0.2, -0.15) is 10.2 Å². The summed E-state index contributed by atoms with van der Waals surface area (Å²) in [6.45, 7) is 4.50. The molecule has 2 fully saturated rings. The van der Waals surface area contributed by atoms with E-state index < -0.39 is 8.38 Å². The molecular weight excluding hydrogens is 433 g/mol. The van der Waals surface area contributed by atoms with E-state index in [-0.39, 0.29) is 35.5 Å². The minimum atomic E-state index is -1.08. The van der Waals surface area contributed by atoms with Crippen molar-refractivity contribution >= 4 is 31.8 Å². The lowest BCUT2D eigenvalue weighted by Crippen LogP contribution is -2.26. The summed E-state index contributed by atoms with van der Waals surface area (Å²) in [7, 11) is 2.60. The van der Waals surface area contributed by atoms with E-state index in [1.807, 2.05) is 25.3 Å². The molecular formula is C20H28N7O4P. The zero-order valence-electron chi connectivity index (χ0n) is 18.6. The molecule has 1 saturated heterocycles. The quantitative estimate of drug-likeness (QED) is 0.275. The van der Waals surface area contributed by atoms with E-state index in [1.165, 1.54) is 0 Å². The highest BCUT2D eigenvalue weighted by Crippen LogP contribution is 2.51. The minimum Gasteiger partial charge on any atom is -0.369 e. The van der Waals surface area contributed by atoms with Gasteiger partial charge in [0, 0.05) is 20.8 Å². The van der Waals surface area contributed by atoms with E-state index >= 15 is 0 Å². The molecule has 0 bridgehead atoms. The van der Waals surface area contributed by atoms with Gasteiger partial charge in [0.15, 0.2) is 19.5 Å². The van der Waals surface area contributed by atoms with Crippen LogP contribution in [0.4, 0.5) is 5.95 Å². The fraction of sp³-hybridized carbons (Fsp3) is 0.650. The zero-order chi connectivity index (χ0) is 22.8. The summed E-state index contributed by atoms with van der Waals surface area (Å²) >= 11 is 0. The van der Waals surface area contributed by atoms with Gasteiger partial charge in [0.1, 0.15) is 6.23 Å². The monoisotopic (exact) mass is 461 g/mol. The van der Waals surface area contributed by atoms with Crippen LogP contribution in [0.2, 0.25) is 0 Å². The highest BCUT2D eigenvalue weighted by atomic mass is 31.2. The lowest BCUT2D eigenvalue weighted by atomic mass is 9.95. The van der Waals surface area contributed by atoms with Crippen molar-refractivity contribution in [2.45, 2.75) is 44.6 Å². The van der Waals surface area contributed by atoms with Gasteiger partial charge in [-0.1, -0.05) is 6.92 Å². The number of fused-ring (bicyclic) bond motifs is 2. The molecule has 2 aromatic heterocycles. The maximum atomic E-state index is 12.5. The predicted molar refractivity (Wildman–Crippen MR) is 120 cm³/mol. The Labute approximate surface area is 187 Å². The van der Waals surface area contributed by atoms with Crippen LogP contribution in [0.15, 0.2) is 16.1 Å². The molecule has 3 heterocycles. The van der Waals surface area contributed by atoms with Gasteiger partial charge in [0.05, 0.1) is 44.0 Å². The summed E-state index contributed by atoms with van der Waals surface area (Å²) in [5.41, 5.74) is 0.379. The number of imidazole rings is 1. The van der Waals surface area contributed by atoms with Crippen LogP contribution in [0.1, 0.15) is 32.4 Å². The van der Waals surface area contributed by atoms with Gasteiger partial charge in [-0.15, -0.1) is 0 Å². The van der Waals surface area contributed by atoms with Crippen molar-refractivity contribution < 1.29 is 13.8 Å². The van der Waals surface area contributed by atoms with E-state index in [0.29, 0.717) is 30.5 Å². The second-order valence-corrected chi connectivity index (χ2v) is 9.76. The molecule has 2 aromatic rings. The Morgan fingerprint density at radius 1 is 1.50 bits per heavy atom. The van der Waals surface area contributed by atoms with Crippen molar-refractivity contribution in [2.75, 3.05) is 27.4 Å². The number of aromatic nitrogens is 4. The number of nitriles is 1. The summed E-state index contributed by atoms with van der Waals surface area (Å²) in [5.74, 6) is 0.985. The first kappa shape index (κ1) is 22.8. The molecule has 4 rings (SSSR count). The zero-order valence-corrected chi connectivity index (χ0v) is 19.5. The van der Waals surface area contributed by atoms with E-state index in [0.717, 1.165) is 12.8 Å². The van der Waals surface area contributed by atoms with Gasteiger partial charge in [-0.3, -0.25) is 14.3 Å². The Hall–Kier alpha value is -2.38. The molecule has 32 heavy (non-hydrogen) atoms. The third-order valence-electron chi connectivity index (χ3n) is 5.82. The van der Waals surface area contributed by atoms with Gasteiger partial charge < -0.3 is 18.7 Å². The van der Waals surface area contributed by atoms with Crippen molar-refractivity contribution in [3.63, 3.8) is 0 Å². The molecule has 1 aliphatic carbocycles. The molecule has 0 aromatic carbocycles. The lowest BCUT2D eigenvalue weighted by Gasteiger charge is -2.23. The van der Waals surface area contributed by atoms with Crippen molar-refractivity contribution in [2.24, 2.45) is 16.8 Å². The third kappa shape index (κ3) is 4.69. The fourth-order valence-electron chi connectivity index (χ4n) is 4.38. The van der Waals surface area contributed by atoms with E-state index in [2.05, 4.69) is 32.9 Å². The highest BCUT2D eigenvalue weighted by Gasteiger charge is 2.50. The Kier molecular flexibility index (Phi) is 6.86. The van der Waals surface area contributed by atoms with Crippen molar-refractivity contribution in [3.05, 3.63) is 16.7 Å². The standard InChI is InChI=1S/C20H28N7O4P/c1-12-8-14(31-32(4)29-7-5-6-21)17-13(12)9-15(30-17)27-11-22-16-18(27)24-20(25-19(16)28)23-10-26(2)3/h10-15,17H,5,7-9H2,1-4H3,(H,24,25,28)/t12-,13+,14-,15+,17+,32?/m1/s1. The smallest absolute Gasteiger partial charge is 0.280 e. The largest absolute Gasteiger partial charge is 0.369 e. The number of rotatable bonds is 8. The van der Waals surface area contributed by atoms with Gasteiger partial charge in [0.25, 0.3) is 5.56 Å². The number of ether oxygens (including phenoxy) is 1. The Morgan fingerprint density at radius 2 is 2.31 bits per heavy atom. The van der Waals surface area contributed by atoms with Crippen LogP contribution in [-0.2, 0) is 13.8 Å². The lowest BCUT2D eigenvalue weighted by molar-refractivity contribution is -0.0448. The van der Waals surface area contributed by atoms with Crippen molar-refractivity contribution in [3.8, 4) is 6.07 Å². The maximum Gasteiger partial charge on any atom is 0.280 e. The predicted octanol–water partition coefficient (Wildman–Crippen LogP) is 2.54. The van der Waals surface area contributed by atoms with Crippen molar-refractivity contribution in [1.82, 2.24) is 24.4 Å². The van der Waals surface area contributed by atoms with Crippen LogP contribution in [-0.4, -0.2) is 70.3 Å². The Morgan fingerprint density at radius 3 is 3.06 bits per heavy atom. The first-order valence-electron chi connectivity index (χ1n) is 10.6. The van der Waals surface area contributed by atoms with Gasteiger partial charge in [0.2, 0.25) is 5.95 Å². The van der Waals surface area contributed by atoms with E-state index in [4.69, 9.17) is 19.0 Å². The molecule has 1 saturated carbocycles. The highest BCUT2D eigenvalue weighted by molar-refractivity contribution is 7.46. The number of nitrogens with zero attached hydrogens (tertiary/aromatic N) is 6. The third-order valence-corrected chi connectivity index (χ3v) is 6.94. The summed E-state index contributed by atoms with van der Waals surface area (Å²) < 4.78 is 20.1. The van der Waals surface area contributed by atoms with Crippen molar-refractivity contribution in [1.29, 1.82) is 5.26 Å². The van der Waals surface area contributed by atoms with Gasteiger partial charge in [-0.25, -0.2) is 9.98 Å². The Balaban J connectivity index is 1.52. The molecule has 1 N–H and O–H groups in total. The molecule has 2 aliphatic rings. The topological polar surface area (TPSA) is 131 Å².